The highest BCUT2D eigenvalue weighted by Gasteiger charge is 2.25. The van der Waals surface area contributed by atoms with Crippen molar-refractivity contribution in [1.82, 2.24) is 0 Å². The van der Waals surface area contributed by atoms with Crippen LogP contribution in [0.5, 0.6) is 0 Å². The number of hydrogen-bond donors (Lipinski definition) is 1. The Morgan fingerprint density at radius 2 is 1.77 bits per heavy atom. The number of hydrogen-bond acceptors (Lipinski definition) is 3. The summed E-state index contributed by atoms with van der Waals surface area (Å²) in [6.45, 7) is 2.31. The average molecular weight is 401 g/mol. The average Bonchev–Trinajstić information content (AvgIpc) is 2.78. The lowest BCUT2D eigenvalue weighted by atomic mass is 9.76. The highest BCUT2D eigenvalue weighted by molar-refractivity contribution is 5.92. The van der Waals surface area contributed by atoms with Crippen LogP contribution in [0.1, 0.15) is 50.5 Å². The van der Waals surface area contributed by atoms with Gasteiger partial charge < -0.3 is 10.0 Å². The summed E-state index contributed by atoms with van der Waals surface area (Å²) >= 11 is 0. The van der Waals surface area contributed by atoms with E-state index in [9.17, 15) is 9.90 Å². The maximum absolute atomic E-state index is 11.3. The Bertz CT molecular complexity index is 967. The van der Waals surface area contributed by atoms with Gasteiger partial charge in [0, 0.05) is 18.8 Å². The summed E-state index contributed by atoms with van der Waals surface area (Å²) in [7, 11) is 0. The van der Waals surface area contributed by atoms with E-state index in [1.165, 1.54) is 36.1 Å². The summed E-state index contributed by atoms with van der Waals surface area (Å²) in [5.41, 5.74) is 5.46. The minimum atomic E-state index is -1.13. The van der Waals surface area contributed by atoms with Crippen molar-refractivity contribution in [1.29, 1.82) is 5.26 Å². The maximum Gasteiger partial charge on any atom is 0.346 e. The van der Waals surface area contributed by atoms with E-state index < -0.39 is 5.97 Å². The number of carboxylic acids is 1. The van der Waals surface area contributed by atoms with E-state index in [2.05, 4.69) is 47.4 Å². The van der Waals surface area contributed by atoms with Crippen molar-refractivity contribution >= 4 is 17.7 Å². The molecule has 1 aromatic rings. The van der Waals surface area contributed by atoms with Crippen LogP contribution in [0.2, 0.25) is 0 Å². The van der Waals surface area contributed by atoms with Gasteiger partial charge in [0.2, 0.25) is 0 Å². The minimum Gasteiger partial charge on any atom is -0.477 e. The fourth-order valence-electron chi connectivity index (χ4n) is 4.72. The van der Waals surface area contributed by atoms with Crippen LogP contribution in [0.15, 0.2) is 64.8 Å². The van der Waals surface area contributed by atoms with Crippen molar-refractivity contribution in [3.63, 3.8) is 0 Å². The molecule has 3 aliphatic rings. The van der Waals surface area contributed by atoms with Crippen molar-refractivity contribution in [2.24, 2.45) is 5.92 Å². The molecule has 1 unspecified atom stereocenters. The molecule has 0 aromatic heterocycles. The number of carbonyl (C=O) groups is 1. The number of nitriles is 1. The minimum absolute atomic E-state index is 0.120. The van der Waals surface area contributed by atoms with Crippen LogP contribution in [0, 0.1) is 17.2 Å². The second-order valence-electron chi connectivity index (χ2n) is 8.43. The molecule has 4 nitrogen and oxygen atoms in total. The van der Waals surface area contributed by atoms with Crippen molar-refractivity contribution in [3.8, 4) is 6.07 Å². The Kier molecular flexibility index (Phi) is 6.18. The molecule has 1 fully saturated rings. The zero-order valence-electron chi connectivity index (χ0n) is 17.3. The SMILES string of the molecule is N#CC(C(=O)O)=C1C=C2C=C(C=Cc3ccc(N4CCCCC4)cc3)CCC2CC1. The third-order valence-corrected chi connectivity index (χ3v) is 6.46. The quantitative estimate of drug-likeness (QED) is 0.524. The zero-order chi connectivity index (χ0) is 20.9. The van der Waals surface area contributed by atoms with E-state index >= 15 is 0 Å². The Balaban J connectivity index is 1.49. The standard InChI is InChI=1S/C26H28N2O2/c27-18-25(26(29)30)22-11-10-21-9-6-20(16-23(21)17-22)5-4-19-7-12-24(13-8-19)28-14-2-1-3-15-28/h4-5,7-8,12-13,16-17,21H,1-3,6,9-11,14-15H2,(H,29,30). The number of rotatable bonds is 4. The first-order valence-electron chi connectivity index (χ1n) is 11.0. The summed E-state index contributed by atoms with van der Waals surface area (Å²) in [5.74, 6) is -0.654. The Morgan fingerprint density at radius 1 is 1.03 bits per heavy atom. The van der Waals surface area contributed by atoms with Crippen molar-refractivity contribution in [2.75, 3.05) is 18.0 Å². The van der Waals surface area contributed by atoms with Gasteiger partial charge in [0.15, 0.2) is 0 Å². The molecule has 1 N–H and O–H groups in total. The van der Waals surface area contributed by atoms with Crippen LogP contribution in [-0.4, -0.2) is 24.2 Å². The van der Waals surface area contributed by atoms with E-state index in [0.29, 0.717) is 17.9 Å². The molecule has 0 saturated carbocycles. The van der Waals surface area contributed by atoms with E-state index in [-0.39, 0.29) is 5.57 Å². The fourth-order valence-corrected chi connectivity index (χ4v) is 4.72. The van der Waals surface area contributed by atoms with Crippen molar-refractivity contribution in [2.45, 2.75) is 44.9 Å². The number of anilines is 1. The number of nitrogens with zero attached hydrogens (tertiary/aromatic N) is 2. The van der Waals surface area contributed by atoms with Gasteiger partial charge >= 0.3 is 5.97 Å². The Labute approximate surface area is 178 Å². The molecule has 0 amide bonds. The van der Waals surface area contributed by atoms with Crippen LogP contribution in [0.4, 0.5) is 5.69 Å². The topological polar surface area (TPSA) is 64.3 Å². The monoisotopic (exact) mass is 400 g/mol. The molecule has 30 heavy (non-hydrogen) atoms. The molecular formula is C26H28N2O2. The van der Waals surface area contributed by atoms with Gasteiger partial charge in [-0.1, -0.05) is 36.4 Å². The van der Waals surface area contributed by atoms with Gasteiger partial charge in [-0.2, -0.15) is 5.26 Å². The van der Waals surface area contributed by atoms with E-state index in [1.54, 1.807) is 0 Å². The molecule has 4 rings (SSSR count). The normalized spacial score (nSPS) is 23.3. The molecular weight excluding hydrogens is 372 g/mol. The number of benzene rings is 1. The van der Waals surface area contributed by atoms with Gasteiger partial charge in [0.1, 0.15) is 11.6 Å². The van der Waals surface area contributed by atoms with Gasteiger partial charge in [-0.25, -0.2) is 4.79 Å². The van der Waals surface area contributed by atoms with Gasteiger partial charge in [-0.3, -0.25) is 0 Å². The summed E-state index contributed by atoms with van der Waals surface area (Å²) < 4.78 is 0. The zero-order valence-corrected chi connectivity index (χ0v) is 17.3. The molecule has 1 aromatic carbocycles. The molecule has 1 atom stereocenters. The smallest absolute Gasteiger partial charge is 0.346 e. The van der Waals surface area contributed by atoms with Crippen molar-refractivity contribution < 1.29 is 9.90 Å². The molecule has 1 saturated heterocycles. The van der Waals surface area contributed by atoms with E-state index in [4.69, 9.17) is 5.26 Å². The Hall–Kier alpha value is -3.06. The first-order chi connectivity index (χ1) is 14.6. The molecule has 0 spiro atoms. The highest BCUT2D eigenvalue weighted by atomic mass is 16.4. The number of aliphatic carboxylic acids is 1. The van der Waals surface area contributed by atoms with Crippen molar-refractivity contribution in [3.05, 3.63) is 70.3 Å². The lowest BCUT2D eigenvalue weighted by molar-refractivity contribution is -0.132. The predicted molar refractivity (Wildman–Crippen MR) is 120 cm³/mol. The number of fused-ring (bicyclic) bond motifs is 1. The number of allylic oxidation sites excluding steroid dienone is 6. The Morgan fingerprint density at radius 3 is 2.47 bits per heavy atom. The third kappa shape index (κ3) is 4.57. The largest absolute Gasteiger partial charge is 0.477 e. The molecule has 0 bridgehead atoms. The molecule has 0 radical (unpaired) electrons. The molecule has 2 aliphatic carbocycles. The second-order valence-corrected chi connectivity index (χ2v) is 8.43. The second kappa shape index (κ2) is 9.17. The van der Waals surface area contributed by atoms with Crippen LogP contribution in [0.25, 0.3) is 6.08 Å². The molecule has 1 aliphatic heterocycles. The molecule has 1 heterocycles. The maximum atomic E-state index is 11.3. The van der Waals surface area contributed by atoms with Gasteiger partial charge in [0.05, 0.1) is 0 Å². The first kappa shape index (κ1) is 20.2. The van der Waals surface area contributed by atoms with Gasteiger partial charge in [0.25, 0.3) is 0 Å². The lowest BCUT2D eigenvalue weighted by Crippen LogP contribution is -2.29. The fraction of sp³-hybridized carbons (Fsp3) is 0.385. The van der Waals surface area contributed by atoms with Gasteiger partial charge in [-0.15, -0.1) is 0 Å². The van der Waals surface area contributed by atoms with Crippen LogP contribution >= 0.6 is 0 Å². The third-order valence-electron chi connectivity index (χ3n) is 6.46. The van der Waals surface area contributed by atoms with Crippen LogP contribution < -0.4 is 4.90 Å². The van der Waals surface area contributed by atoms with Gasteiger partial charge in [-0.05, 0) is 85.3 Å². The molecule has 154 valence electrons. The molecule has 4 heteroatoms. The van der Waals surface area contributed by atoms with E-state index in [0.717, 1.165) is 37.9 Å². The summed E-state index contributed by atoms with van der Waals surface area (Å²) in [6.07, 6.45) is 16.1. The lowest BCUT2D eigenvalue weighted by Gasteiger charge is -2.29. The predicted octanol–water partition coefficient (Wildman–Crippen LogP) is 5.65. The number of piperidine rings is 1. The first-order valence-corrected chi connectivity index (χ1v) is 11.0. The van der Waals surface area contributed by atoms with E-state index in [1.807, 2.05) is 12.1 Å². The van der Waals surface area contributed by atoms with Crippen LogP contribution in [0.3, 0.4) is 0 Å². The highest BCUT2D eigenvalue weighted by Crippen LogP contribution is 2.38. The summed E-state index contributed by atoms with van der Waals surface area (Å²) in [6, 6.07) is 10.6. The summed E-state index contributed by atoms with van der Waals surface area (Å²) in [4.78, 5) is 13.8. The summed E-state index contributed by atoms with van der Waals surface area (Å²) in [5, 5.41) is 18.4. The number of carboxylic acid groups (broad SMARTS) is 1. The van der Waals surface area contributed by atoms with Crippen LogP contribution in [-0.2, 0) is 4.79 Å².